The molecule has 1 heterocycles. The van der Waals surface area contributed by atoms with E-state index in [0.717, 1.165) is 0 Å². The summed E-state index contributed by atoms with van der Waals surface area (Å²) in [5.41, 5.74) is 0. The van der Waals surface area contributed by atoms with Gasteiger partial charge in [-0.05, 0) is 6.20 Å². The van der Waals surface area contributed by atoms with Crippen molar-refractivity contribution in [3.63, 3.8) is 0 Å². The molecule has 0 amide bonds. The fraction of sp³-hybridized carbons (Fsp3) is 0.250. The molecule has 46 valence electrons. The van der Waals surface area contributed by atoms with Crippen molar-refractivity contribution in [2.45, 2.75) is 6.04 Å². The largest absolute Gasteiger partial charge is 0.384 e. The molecule has 0 saturated carbocycles. The van der Waals surface area contributed by atoms with Crippen LogP contribution in [0.1, 0.15) is 0 Å². The lowest BCUT2D eigenvalue weighted by atomic mass is 9.98. The monoisotopic (exact) mass is 119 g/mol. The van der Waals surface area contributed by atoms with E-state index in [1.54, 1.807) is 0 Å². The third kappa shape index (κ3) is 0.689. The average molecular weight is 119 g/mol. The fourth-order valence-corrected chi connectivity index (χ4v) is 1.25. The molecule has 1 aliphatic heterocycles. The first-order chi connectivity index (χ1) is 4.47. The summed E-state index contributed by atoms with van der Waals surface area (Å²) in [6, 6.07) is 0.537. The number of allylic oxidation sites excluding steroid dienone is 2. The maximum Gasteiger partial charge on any atom is 0.0540 e. The van der Waals surface area contributed by atoms with Crippen LogP contribution in [0.2, 0.25) is 0 Å². The SMILES string of the molecule is C1=C[C@H]2C=CN[C@H]2C=C1. The van der Waals surface area contributed by atoms with Crippen LogP contribution in [0.15, 0.2) is 36.6 Å². The molecule has 2 atom stereocenters. The average Bonchev–Trinajstić information content (AvgIpc) is 2.33. The van der Waals surface area contributed by atoms with Crippen molar-refractivity contribution in [2.24, 2.45) is 5.92 Å². The summed E-state index contributed by atoms with van der Waals surface area (Å²) in [5, 5.41) is 3.24. The predicted molar refractivity (Wildman–Crippen MR) is 37.8 cm³/mol. The van der Waals surface area contributed by atoms with Gasteiger partial charge >= 0.3 is 0 Å². The summed E-state index contributed by atoms with van der Waals surface area (Å²) in [4.78, 5) is 0. The topological polar surface area (TPSA) is 12.0 Å². The van der Waals surface area contributed by atoms with Gasteiger partial charge in [0.2, 0.25) is 0 Å². The van der Waals surface area contributed by atoms with Crippen LogP contribution in [0.5, 0.6) is 0 Å². The summed E-state index contributed by atoms with van der Waals surface area (Å²) >= 11 is 0. The van der Waals surface area contributed by atoms with Crippen molar-refractivity contribution in [3.05, 3.63) is 36.6 Å². The number of fused-ring (bicyclic) bond motifs is 1. The van der Waals surface area contributed by atoms with E-state index in [4.69, 9.17) is 0 Å². The molecular weight excluding hydrogens is 110 g/mol. The lowest BCUT2D eigenvalue weighted by Gasteiger charge is -2.14. The molecule has 1 N–H and O–H groups in total. The molecule has 9 heavy (non-hydrogen) atoms. The van der Waals surface area contributed by atoms with E-state index < -0.39 is 0 Å². The van der Waals surface area contributed by atoms with E-state index in [-0.39, 0.29) is 0 Å². The Hall–Kier alpha value is -0.980. The molecule has 0 spiro atoms. The second-order valence-electron chi connectivity index (χ2n) is 2.40. The summed E-state index contributed by atoms with van der Waals surface area (Å²) < 4.78 is 0. The molecule has 0 bridgehead atoms. The summed E-state index contributed by atoms with van der Waals surface area (Å²) in [6.07, 6.45) is 12.8. The van der Waals surface area contributed by atoms with Crippen LogP contribution in [0.4, 0.5) is 0 Å². The number of hydrogen-bond acceptors (Lipinski definition) is 1. The highest BCUT2D eigenvalue weighted by atomic mass is 14.9. The maximum absolute atomic E-state index is 3.24. The Balaban J connectivity index is 2.25. The van der Waals surface area contributed by atoms with Crippen molar-refractivity contribution in [1.29, 1.82) is 0 Å². The quantitative estimate of drug-likeness (QED) is 0.505. The second-order valence-corrected chi connectivity index (χ2v) is 2.40. The van der Waals surface area contributed by atoms with Crippen LogP contribution in [0.3, 0.4) is 0 Å². The smallest absolute Gasteiger partial charge is 0.0540 e. The van der Waals surface area contributed by atoms with E-state index in [1.165, 1.54) is 0 Å². The minimum absolute atomic E-state index is 0.537. The summed E-state index contributed by atoms with van der Waals surface area (Å²) in [5.74, 6) is 0.606. The van der Waals surface area contributed by atoms with Gasteiger partial charge in [-0.3, -0.25) is 0 Å². The Morgan fingerprint density at radius 2 is 1.89 bits per heavy atom. The van der Waals surface area contributed by atoms with Crippen LogP contribution in [-0.4, -0.2) is 6.04 Å². The lowest BCUT2D eigenvalue weighted by Crippen LogP contribution is -2.23. The minimum Gasteiger partial charge on any atom is -0.384 e. The van der Waals surface area contributed by atoms with Gasteiger partial charge in [-0.25, -0.2) is 0 Å². The molecule has 0 aromatic heterocycles. The third-order valence-electron chi connectivity index (χ3n) is 1.78. The number of rotatable bonds is 0. The molecule has 0 aromatic carbocycles. The standard InChI is InChI=1S/C8H9N/c1-2-4-8-7(3-1)5-6-9-8/h1-9H/t7-,8-/m0/s1. The van der Waals surface area contributed by atoms with Gasteiger partial charge in [0, 0.05) is 5.92 Å². The molecule has 0 radical (unpaired) electrons. The minimum atomic E-state index is 0.537. The van der Waals surface area contributed by atoms with Crippen molar-refractivity contribution in [3.8, 4) is 0 Å². The van der Waals surface area contributed by atoms with Gasteiger partial charge in [-0.2, -0.15) is 0 Å². The molecule has 0 saturated heterocycles. The Bertz CT molecular complexity index is 189. The molecule has 2 aliphatic rings. The summed E-state index contributed by atoms with van der Waals surface area (Å²) in [7, 11) is 0. The highest BCUT2D eigenvalue weighted by Crippen LogP contribution is 2.17. The van der Waals surface area contributed by atoms with Gasteiger partial charge in [0.05, 0.1) is 6.04 Å². The van der Waals surface area contributed by atoms with Crippen molar-refractivity contribution >= 4 is 0 Å². The van der Waals surface area contributed by atoms with Gasteiger partial charge < -0.3 is 5.32 Å². The van der Waals surface area contributed by atoms with E-state index in [1.807, 2.05) is 6.20 Å². The van der Waals surface area contributed by atoms with Gasteiger partial charge in [0.15, 0.2) is 0 Å². The first-order valence-electron chi connectivity index (χ1n) is 3.24. The summed E-state index contributed by atoms with van der Waals surface area (Å²) in [6.45, 7) is 0. The van der Waals surface area contributed by atoms with Gasteiger partial charge in [-0.15, -0.1) is 0 Å². The van der Waals surface area contributed by atoms with Crippen molar-refractivity contribution in [2.75, 3.05) is 0 Å². The Morgan fingerprint density at radius 1 is 1.00 bits per heavy atom. The zero-order valence-corrected chi connectivity index (χ0v) is 5.12. The molecule has 2 rings (SSSR count). The zero-order valence-electron chi connectivity index (χ0n) is 5.12. The van der Waals surface area contributed by atoms with Gasteiger partial charge in [-0.1, -0.05) is 30.4 Å². The van der Waals surface area contributed by atoms with E-state index in [9.17, 15) is 0 Å². The highest BCUT2D eigenvalue weighted by molar-refractivity contribution is 5.25. The molecular formula is C8H9N. The molecule has 1 aliphatic carbocycles. The normalized spacial score (nSPS) is 36.4. The van der Waals surface area contributed by atoms with E-state index >= 15 is 0 Å². The molecule has 1 heteroatoms. The van der Waals surface area contributed by atoms with Crippen LogP contribution < -0.4 is 5.32 Å². The maximum atomic E-state index is 3.24. The second kappa shape index (κ2) is 1.76. The Labute approximate surface area is 54.8 Å². The molecule has 1 nitrogen and oxygen atoms in total. The van der Waals surface area contributed by atoms with E-state index in [0.29, 0.717) is 12.0 Å². The number of hydrogen-bond donors (Lipinski definition) is 1. The highest BCUT2D eigenvalue weighted by Gasteiger charge is 2.17. The van der Waals surface area contributed by atoms with Crippen molar-refractivity contribution < 1.29 is 0 Å². The third-order valence-corrected chi connectivity index (χ3v) is 1.78. The lowest BCUT2D eigenvalue weighted by molar-refractivity contribution is 0.649. The molecule has 0 aromatic rings. The van der Waals surface area contributed by atoms with Crippen LogP contribution in [0.25, 0.3) is 0 Å². The number of nitrogens with one attached hydrogen (secondary N) is 1. The molecule has 0 fully saturated rings. The Morgan fingerprint density at radius 3 is 2.78 bits per heavy atom. The van der Waals surface area contributed by atoms with E-state index in [2.05, 4.69) is 35.7 Å². The Kier molecular flexibility index (Phi) is 0.950. The first kappa shape index (κ1) is 4.86. The zero-order chi connectivity index (χ0) is 6.10. The molecule has 0 unspecified atom stereocenters. The van der Waals surface area contributed by atoms with Crippen LogP contribution >= 0.6 is 0 Å². The van der Waals surface area contributed by atoms with Crippen molar-refractivity contribution in [1.82, 2.24) is 5.32 Å². The van der Waals surface area contributed by atoms with Gasteiger partial charge in [0.1, 0.15) is 0 Å². The predicted octanol–water partition coefficient (Wildman–Crippen LogP) is 1.21. The fourth-order valence-electron chi connectivity index (χ4n) is 1.25. The van der Waals surface area contributed by atoms with Crippen LogP contribution in [0, 0.1) is 5.92 Å². The van der Waals surface area contributed by atoms with Crippen LogP contribution in [-0.2, 0) is 0 Å². The first-order valence-corrected chi connectivity index (χ1v) is 3.24. The van der Waals surface area contributed by atoms with Gasteiger partial charge in [0.25, 0.3) is 0 Å².